The number of rotatable bonds is 4. The minimum Gasteiger partial charge on any atom is -0.507 e. The lowest BCUT2D eigenvalue weighted by Crippen LogP contribution is -2.50. The Hall–Kier alpha value is -2.53. The van der Waals surface area contributed by atoms with E-state index >= 15 is 0 Å². The summed E-state index contributed by atoms with van der Waals surface area (Å²) in [5.74, 6) is 1.51. The Balaban J connectivity index is 1.33. The van der Waals surface area contributed by atoms with Crippen LogP contribution in [0.25, 0.3) is 0 Å². The van der Waals surface area contributed by atoms with Crippen molar-refractivity contribution in [2.24, 2.45) is 0 Å². The molecule has 32 heavy (non-hydrogen) atoms. The summed E-state index contributed by atoms with van der Waals surface area (Å²) in [4.78, 5) is 17.2. The Morgan fingerprint density at radius 1 is 1.00 bits per heavy atom. The van der Waals surface area contributed by atoms with E-state index in [9.17, 15) is 9.90 Å². The second-order valence-corrected chi connectivity index (χ2v) is 9.83. The van der Waals surface area contributed by atoms with Crippen LogP contribution < -0.4 is 4.74 Å². The number of hydrogen-bond acceptors (Lipinski definition) is 4. The Bertz CT molecular complexity index is 1010. The van der Waals surface area contributed by atoms with Crippen LogP contribution in [0.4, 0.5) is 0 Å². The van der Waals surface area contributed by atoms with Gasteiger partial charge in [-0.2, -0.15) is 0 Å². The summed E-state index contributed by atoms with van der Waals surface area (Å²) in [6.07, 6.45) is 2.84. The first kappa shape index (κ1) is 22.7. The van der Waals surface area contributed by atoms with Crippen molar-refractivity contribution >= 4 is 5.91 Å². The van der Waals surface area contributed by atoms with Crippen LogP contribution >= 0.6 is 0 Å². The van der Waals surface area contributed by atoms with Crippen LogP contribution in [-0.4, -0.2) is 59.1 Å². The number of aromatic hydroxyl groups is 1. The highest BCUT2D eigenvalue weighted by Gasteiger charge is 2.35. The van der Waals surface area contributed by atoms with Crippen LogP contribution in [0, 0.1) is 27.7 Å². The first-order valence-electron chi connectivity index (χ1n) is 11.8. The molecule has 0 bridgehead atoms. The molecular weight excluding hydrogens is 400 g/mol. The van der Waals surface area contributed by atoms with E-state index < -0.39 is 0 Å². The molecule has 4 rings (SSSR count). The van der Waals surface area contributed by atoms with Crippen molar-refractivity contribution < 1.29 is 14.6 Å². The predicted molar refractivity (Wildman–Crippen MR) is 128 cm³/mol. The zero-order valence-corrected chi connectivity index (χ0v) is 20.1. The highest BCUT2D eigenvalue weighted by molar-refractivity contribution is 5.94. The van der Waals surface area contributed by atoms with Crippen LogP contribution in [0.1, 0.15) is 57.9 Å². The van der Waals surface area contributed by atoms with Gasteiger partial charge in [-0.3, -0.25) is 9.69 Å². The molecule has 0 spiro atoms. The van der Waals surface area contributed by atoms with E-state index in [0.29, 0.717) is 5.75 Å². The molecule has 5 heteroatoms. The van der Waals surface area contributed by atoms with Gasteiger partial charge in [0, 0.05) is 43.9 Å². The van der Waals surface area contributed by atoms with Crippen molar-refractivity contribution in [3.63, 3.8) is 0 Å². The van der Waals surface area contributed by atoms with Gasteiger partial charge in [0.15, 0.2) is 0 Å². The molecule has 1 amide bonds. The highest BCUT2D eigenvalue weighted by Crippen LogP contribution is 2.44. The summed E-state index contributed by atoms with van der Waals surface area (Å²) in [6, 6.07) is 7.85. The van der Waals surface area contributed by atoms with Crippen LogP contribution in [0.5, 0.6) is 11.5 Å². The first-order chi connectivity index (χ1) is 15.2. The molecule has 0 saturated carbocycles. The molecule has 0 aliphatic carbocycles. The molecule has 1 saturated heterocycles. The van der Waals surface area contributed by atoms with Crippen molar-refractivity contribution in [1.82, 2.24) is 9.80 Å². The number of piperazine rings is 1. The number of phenols is 1. The van der Waals surface area contributed by atoms with Gasteiger partial charge in [0.2, 0.25) is 0 Å². The van der Waals surface area contributed by atoms with Gasteiger partial charge in [0.1, 0.15) is 17.1 Å². The van der Waals surface area contributed by atoms with Gasteiger partial charge in [-0.1, -0.05) is 17.7 Å². The smallest absolute Gasteiger partial charge is 0.253 e. The summed E-state index contributed by atoms with van der Waals surface area (Å²) in [5, 5.41) is 10.4. The van der Waals surface area contributed by atoms with Crippen molar-refractivity contribution in [2.45, 2.75) is 59.5 Å². The molecule has 1 N–H and O–H groups in total. The predicted octanol–water partition coefficient (Wildman–Crippen LogP) is 4.56. The van der Waals surface area contributed by atoms with Gasteiger partial charge >= 0.3 is 0 Å². The number of carbonyl (C=O) groups is 1. The van der Waals surface area contributed by atoms with Crippen molar-refractivity contribution in [2.75, 3.05) is 32.7 Å². The van der Waals surface area contributed by atoms with Gasteiger partial charge < -0.3 is 14.7 Å². The molecule has 0 aromatic heterocycles. The maximum absolute atomic E-state index is 12.8. The van der Waals surface area contributed by atoms with E-state index in [4.69, 9.17) is 4.74 Å². The number of fused-ring (bicyclic) bond motifs is 1. The largest absolute Gasteiger partial charge is 0.507 e. The quantitative estimate of drug-likeness (QED) is 0.764. The Labute approximate surface area is 192 Å². The standard InChI is InChI=1S/C27H36N2O3/c1-18-6-8-22(9-7-18)26(31)29-16-14-28(15-17-29)13-12-27(5)11-10-23-21(4)24(30)19(2)20(3)25(23)32-27/h6-9,30H,10-17H2,1-5H3. The molecule has 2 heterocycles. The summed E-state index contributed by atoms with van der Waals surface area (Å²) >= 11 is 0. The zero-order valence-electron chi connectivity index (χ0n) is 20.1. The first-order valence-corrected chi connectivity index (χ1v) is 11.8. The Kier molecular flexibility index (Phi) is 6.22. The van der Waals surface area contributed by atoms with Gasteiger partial charge in [0.25, 0.3) is 5.91 Å². The molecule has 5 nitrogen and oxygen atoms in total. The molecule has 0 radical (unpaired) electrons. The Morgan fingerprint density at radius 3 is 2.31 bits per heavy atom. The maximum atomic E-state index is 12.8. The number of nitrogens with zero attached hydrogens (tertiary/aromatic N) is 2. The summed E-state index contributed by atoms with van der Waals surface area (Å²) in [6.45, 7) is 14.5. The minimum atomic E-state index is -0.206. The maximum Gasteiger partial charge on any atom is 0.253 e. The average molecular weight is 437 g/mol. The monoisotopic (exact) mass is 436 g/mol. The van der Waals surface area contributed by atoms with Crippen LogP contribution in [-0.2, 0) is 6.42 Å². The summed E-state index contributed by atoms with van der Waals surface area (Å²) in [5.41, 5.74) is 5.83. The van der Waals surface area contributed by atoms with Gasteiger partial charge in [0.05, 0.1) is 0 Å². The van der Waals surface area contributed by atoms with Gasteiger partial charge in [-0.05, 0) is 82.7 Å². The van der Waals surface area contributed by atoms with Crippen LogP contribution in [0.3, 0.4) is 0 Å². The normalized spacial score (nSPS) is 21.2. The molecule has 2 aromatic rings. The van der Waals surface area contributed by atoms with E-state index in [1.165, 1.54) is 5.56 Å². The number of ether oxygens (including phenoxy) is 1. The van der Waals surface area contributed by atoms with Gasteiger partial charge in [-0.15, -0.1) is 0 Å². The van der Waals surface area contributed by atoms with E-state index in [2.05, 4.69) is 11.8 Å². The molecule has 2 aliphatic heterocycles. The SMILES string of the molecule is Cc1ccc(C(=O)N2CCN(CCC3(C)CCc4c(C)c(O)c(C)c(C)c4O3)CC2)cc1. The third kappa shape index (κ3) is 4.36. The number of benzene rings is 2. The second kappa shape index (κ2) is 8.78. The van der Waals surface area contributed by atoms with Gasteiger partial charge in [-0.25, -0.2) is 0 Å². The fourth-order valence-electron chi connectivity index (χ4n) is 4.92. The average Bonchev–Trinajstić information content (AvgIpc) is 2.80. The lowest BCUT2D eigenvalue weighted by atomic mass is 9.85. The highest BCUT2D eigenvalue weighted by atomic mass is 16.5. The zero-order chi connectivity index (χ0) is 23.0. The lowest BCUT2D eigenvalue weighted by Gasteiger charge is -2.40. The van der Waals surface area contributed by atoms with Crippen LogP contribution in [0.2, 0.25) is 0 Å². The van der Waals surface area contributed by atoms with Crippen LogP contribution in [0.15, 0.2) is 24.3 Å². The van der Waals surface area contributed by atoms with E-state index in [-0.39, 0.29) is 11.5 Å². The van der Waals surface area contributed by atoms with E-state index in [1.54, 1.807) is 0 Å². The lowest BCUT2D eigenvalue weighted by molar-refractivity contribution is 0.0338. The number of carbonyl (C=O) groups excluding carboxylic acids is 1. The number of phenolic OH excluding ortho intramolecular Hbond substituents is 1. The van der Waals surface area contributed by atoms with Crippen molar-refractivity contribution in [3.05, 3.63) is 57.6 Å². The fraction of sp³-hybridized carbons (Fsp3) is 0.519. The molecular formula is C27H36N2O3. The van der Waals surface area contributed by atoms with Crippen molar-refractivity contribution in [3.8, 4) is 11.5 Å². The molecule has 1 fully saturated rings. The number of hydrogen-bond donors (Lipinski definition) is 1. The topological polar surface area (TPSA) is 53.0 Å². The molecule has 2 aromatic carbocycles. The third-order valence-corrected chi connectivity index (χ3v) is 7.51. The second-order valence-electron chi connectivity index (χ2n) is 9.83. The van der Waals surface area contributed by atoms with E-state index in [1.807, 2.05) is 56.9 Å². The van der Waals surface area contributed by atoms with E-state index in [0.717, 1.165) is 85.6 Å². The Morgan fingerprint density at radius 2 is 1.66 bits per heavy atom. The summed E-state index contributed by atoms with van der Waals surface area (Å²) < 4.78 is 6.58. The third-order valence-electron chi connectivity index (χ3n) is 7.51. The number of aryl methyl sites for hydroxylation is 1. The van der Waals surface area contributed by atoms with Crippen molar-refractivity contribution in [1.29, 1.82) is 0 Å². The number of amides is 1. The summed E-state index contributed by atoms with van der Waals surface area (Å²) in [7, 11) is 0. The fourth-order valence-corrected chi connectivity index (χ4v) is 4.92. The minimum absolute atomic E-state index is 0.133. The molecule has 1 unspecified atom stereocenters. The molecule has 2 aliphatic rings. The molecule has 1 atom stereocenters. The molecule has 172 valence electrons.